The molecule has 0 saturated heterocycles. The van der Waals surface area contributed by atoms with Gasteiger partial charge in [0.1, 0.15) is 0 Å². The summed E-state index contributed by atoms with van der Waals surface area (Å²) in [5.41, 5.74) is 1.50. The van der Waals surface area contributed by atoms with Crippen LogP contribution in [0.5, 0.6) is 0 Å². The standard InChI is InChI=1S/C16H17N3O3/c20-15(7-6-13-11-17-8-9-18-13)19-14(10-16(21)22)12-4-2-1-3-5-12/h1-5,8-9,11,14H,6-7,10H2,(H,19,20)(H,21,22)/t14-/m1/s1. The minimum atomic E-state index is -0.955. The minimum Gasteiger partial charge on any atom is -0.481 e. The molecule has 22 heavy (non-hydrogen) atoms. The van der Waals surface area contributed by atoms with E-state index >= 15 is 0 Å². The van der Waals surface area contributed by atoms with Crippen molar-refractivity contribution in [1.29, 1.82) is 0 Å². The van der Waals surface area contributed by atoms with Gasteiger partial charge in [0, 0.05) is 25.0 Å². The number of carbonyl (C=O) groups excluding carboxylic acids is 1. The fourth-order valence-electron chi connectivity index (χ4n) is 2.08. The van der Waals surface area contributed by atoms with Crippen LogP contribution in [-0.4, -0.2) is 27.0 Å². The normalized spacial score (nSPS) is 11.6. The second-order valence-corrected chi connectivity index (χ2v) is 4.83. The van der Waals surface area contributed by atoms with E-state index in [1.807, 2.05) is 18.2 Å². The Bertz CT molecular complexity index is 617. The van der Waals surface area contributed by atoms with Gasteiger partial charge >= 0.3 is 5.97 Å². The van der Waals surface area contributed by atoms with Gasteiger partial charge in [-0.1, -0.05) is 30.3 Å². The number of aromatic nitrogens is 2. The van der Waals surface area contributed by atoms with Crippen molar-refractivity contribution >= 4 is 11.9 Å². The van der Waals surface area contributed by atoms with Gasteiger partial charge in [0.15, 0.2) is 0 Å². The van der Waals surface area contributed by atoms with Crippen LogP contribution in [0.3, 0.4) is 0 Å². The number of carbonyl (C=O) groups is 2. The molecule has 2 rings (SSSR count). The maximum Gasteiger partial charge on any atom is 0.305 e. The van der Waals surface area contributed by atoms with Gasteiger partial charge < -0.3 is 10.4 Å². The first kappa shape index (κ1) is 15.6. The summed E-state index contributed by atoms with van der Waals surface area (Å²) in [5.74, 6) is -1.16. The molecule has 1 aromatic carbocycles. The van der Waals surface area contributed by atoms with E-state index in [1.54, 1.807) is 30.7 Å². The van der Waals surface area contributed by atoms with Crippen molar-refractivity contribution in [2.75, 3.05) is 0 Å². The molecule has 1 heterocycles. The van der Waals surface area contributed by atoms with Gasteiger partial charge in [-0.05, 0) is 12.0 Å². The summed E-state index contributed by atoms with van der Waals surface area (Å²) in [6, 6.07) is 8.55. The van der Waals surface area contributed by atoms with E-state index in [-0.39, 0.29) is 18.7 Å². The van der Waals surface area contributed by atoms with Crippen molar-refractivity contribution < 1.29 is 14.7 Å². The first-order chi connectivity index (χ1) is 10.6. The van der Waals surface area contributed by atoms with E-state index in [4.69, 9.17) is 5.11 Å². The second-order valence-electron chi connectivity index (χ2n) is 4.83. The number of aliphatic carboxylic acids is 1. The average molecular weight is 299 g/mol. The zero-order valence-corrected chi connectivity index (χ0v) is 12.0. The van der Waals surface area contributed by atoms with Crippen molar-refractivity contribution in [2.45, 2.75) is 25.3 Å². The number of hydrogen-bond donors (Lipinski definition) is 2. The SMILES string of the molecule is O=C(O)C[C@@H](NC(=O)CCc1cnccn1)c1ccccc1. The van der Waals surface area contributed by atoms with Gasteiger partial charge in [0.25, 0.3) is 0 Å². The number of benzene rings is 1. The van der Waals surface area contributed by atoms with Crippen molar-refractivity contribution in [1.82, 2.24) is 15.3 Å². The van der Waals surface area contributed by atoms with E-state index < -0.39 is 12.0 Å². The molecular weight excluding hydrogens is 282 g/mol. The zero-order valence-electron chi connectivity index (χ0n) is 12.0. The molecule has 0 aliphatic heterocycles. The van der Waals surface area contributed by atoms with E-state index in [9.17, 15) is 9.59 Å². The number of nitrogens with one attached hydrogen (secondary N) is 1. The van der Waals surface area contributed by atoms with Crippen molar-refractivity contribution in [3.8, 4) is 0 Å². The average Bonchev–Trinajstić information content (AvgIpc) is 2.54. The first-order valence-corrected chi connectivity index (χ1v) is 6.96. The van der Waals surface area contributed by atoms with Crippen LogP contribution in [0.1, 0.15) is 30.1 Å². The Kier molecular flexibility index (Phi) is 5.59. The smallest absolute Gasteiger partial charge is 0.305 e. The Hall–Kier alpha value is -2.76. The van der Waals surface area contributed by atoms with Crippen molar-refractivity contribution in [3.63, 3.8) is 0 Å². The first-order valence-electron chi connectivity index (χ1n) is 6.96. The third-order valence-corrected chi connectivity index (χ3v) is 3.14. The Morgan fingerprint density at radius 2 is 1.95 bits per heavy atom. The van der Waals surface area contributed by atoms with Crippen molar-refractivity contribution in [3.05, 3.63) is 60.2 Å². The number of nitrogens with zero attached hydrogens (tertiary/aromatic N) is 2. The highest BCUT2D eigenvalue weighted by molar-refractivity contribution is 5.78. The van der Waals surface area contributed by atoms with Crippen LogP contribution in [0.15, 0.2) is 48.9 Å². The van der Waals surface area contributed by atoms with Gasteiger partial charge in [0.05, 0.1) is 18.2 Å². The molecule has 0 saturated carbocycles. The van der Waals surface area contributed by atoms with Crippen LogP contribution in [0.4, 0.5) is 0 Å². The van der Waals surface area contributed by atoms with Crippen LogP contribution in [0.2, 0.25) is 0 Å². The molecule has 1 amide bonds. The number of carboxylic acid groups (broad SMARTS) is 1. The molecule has 114 valence electrons. The number of amides is 1. The summed E-state index contributed by atoms with van der Waals surface area (Å²) in [4.78, 5) is 31.0. The molecule has 6 heteroatoms. The van der Waals surface area contributed by atoms with Crippen LogP contribution in [0.25, 0.3) is 0 Å². The molecule has 6 nitrogen and oxygen atoms in total. The highest BCUT2D eigenvalue weighted by atomic mass is 16.4. The summed E-state index contributed by atoms with van der Waals surface area (Å²) in [7, 11) is 0. The monoisotopic (exact) mass is 299 g/mol. The summed E-state index contributed by atoms with van der Waals surface area (Å²) in [6.07, 6.45) is 5.31. The Morgan fingerprint density at radius 1 is 1.18 bits per heavy atom. The Morgan fingerprint density at radius 3 is 2.59 bits per heavy atom. The van der Waals surface area contributed by atoms with Gasteiger partial charge in [-0.2, -0.15) is 0 Å². The molecule has 0 unspecified atom stereocenters. The summed E-state index contributed by atoms with van der Waals surface area (Å²) in [5, 5.41) is 11.8. The second kappa shape index (κ2) is 7.87. The van der Waals surface area contributed by atoms with Crippen molar-refractivity contribution in [2.24, 2.45) is 0 Å². The third-order valence-electron chi connectivity index (χ3n) is 3.14. The van der Waals surface area contributed by atoms with Gasteiger partial charge in [-0.25, -0.2) is 0 Å². The maximum absolute atomic E-state index is 12.0. The molecule has 1 aromatic heterocycles. The zero-order chi connectivity index (χ0) is 15.8. The summed E-state index contributed by atoms with van der Waals surface area (Å²) >= 11 is 0. The van der Waals surface area contributed by atoms with Crippen LogP contribution >= 0.6 is 0 Å². The topological polar surface area (TPSA) is 92.2 Å². The Labute approximate surface area is 128 Å². The molecule has 0 fully saturated rings. The minimum absolute atomic E-state index is 0.152. The van der Waals surface area contributed by atoms with Crippen LogP contribution in [-0.2, 0) is 16.0 Å². The molecule has 0 aliphatic rings. The lowest BCUT2D eigenvalue weighted by Crippen LogP contribution is -2.30. The quantitative estimate of drug-likeness (QED) is 0.812. The van der Waals surface area contributed by atoms with Gasteiger partial charge in [-0.15, -0.1) is 0 Å². The van der Waals surface area contributed by atoms with E-state index in [0.29, 0.717) is 6.42 Å². The number of aryl methyl sites for hydroxylation is 1. The third kappa shape index (κ3) is 4.97. The highest BCUT2D eigenvalue weighted by Gasteiger charge is 2.17. The lowest BCUT2D eigenvalue weighted by atomic mass is 10.0. The lowest BCUT2D eigenvalue weighted by Gasteiger charge is -2.17. The number of hydrogen-bond acceptors (Lipinski definition) is 4. The molecular formula is C16H17N3O3. The van der Waals surface area contributed by atoms with E-state index in [2.05, 4.69) is 15.3 Å². The summed E-state index contributed by atoms with van der Waals surface area (Å²) < 4.78 is 0. The maximum atomic E-state index is 12.0. The van der Waals surface area contributed by atoms with E-state index in [0.717, 1.165) is 11.3 Å². The largest absolute Gasteiger partial charge is 0.481 e. The molecule has 0 aliphatic carbocycles. The molecule has 0 radical (unpaired) electrons. The lowest BCUT2D eigenvalue weighted by molar-refractivity contribution is -0.137. The fourth-order valence-corrected chi connectivity index (χ4v) is 2.08. The number of rotatable bonds is 7. The number of carboxylic acids is 1. The highest BCUT2D eigenvalue weighted by Crippen LogP contribution is 2.16. The van der Waals surface area contributed by atoms with Gasteiger partial charge in [0.2, 0.25) is 5.91 Å². The molecule has 2 aromatic rings. The van der Waals surface area contributed by atoms with E-state index in [1.165, 1.54) is 0 Å². The van der Waals surface area contributed by atoms with Crippen LogP contribution < -0.4 is 5.32 Å². The molecule has 1 atom stereocenters. The van der Waals surface area contributed by atoms with Crippen LogP contribution in [0, 0.1) is 0 Å². The van der Waals surface area contributed by atoms with Gasteiger partial charge in [-0.3, -0.25) is 19.6 Å². The molecule has 0 bridgehead atoms. The molecule has 0 spiro atoms. The fraction of sp³-hybridized carbons (Fsp3) is 0.250. The Balaban J connectivity index is 1.95. The predicted octanol–water partition coefficient (Wildman–Crippen LogP) is 1.74. The predicted molar refractivity (Wildman–Crippen MR) is 79.9 cm³/mol. The molecule has 2 N–H and O–H groups in total. The summed E-state index contributed by atoms with van der Waals surface area (Å²) in [6.45, 7) is 0.